The summed E-state index contributed by atoms with van der Waals surface area (Å²) in [6, 6.07) is 6.44. The van der Waals surface area contributed by atoms with Crippen LogP contribution in [0.5, 0.6) is 0 Å². The molecular formula is C8H7F2N3. The van der Waals surface area contributed by atoms with Gasteiger partial charge in [-0.15, -0.1) is 0 Å². The van der Waals surface area contributed by atoms with Gasteiger partial charge in [0.15, 0.2) is 0 Å². The first-order valence-corrected chi connectivity index (χ1v) is 3.61. The maximum absolute atomic E-state index is 11.7. The van der Waals surface area contributed by atoms with Crippen molar-refractivity contribution in [2.24, 2.45) is 0 Å². The van der Waals surface area contributed by atoms with Crippen LogP contribution in [0.25, 0.3) is 0 Å². The molecule has 1 aromatic heterocycles. The summed E-state index contributed by atoms with van der Waals surface area (Å²) >= 11 is 0. The summed E-state index contributed by atoms with van der Waals surface area (Å²) in [7, 11) is 0. The van der Waals surface area contributed by atoms with E-state index < -0.39 is 13.0 Å². The van der Waals surface area contributed by atoms with Crippen LogP contribution in [-0.2, 0) is 0 Å². The highest BCUT2D eigenvalue weighted by molar-refractivity contribution is 5.38. The molecule has 5 heteroatoms. The number of rotatable bonds is 3. The Bertz CT molecular complexity index is 319. The molecule has 0 saturated heterocycles. The lowest BCUT2D eigenvalue weighted by atomic mass is 10.3. The number of pyridine rings is 1. The van der Waals surface area contributed by atoms with Gasteiger partial charge >= 0.3 is 0 Å². The van der Waals surface area contributed by atoms with E-state index >= 15 is 0 Å². The molecule has 0 unspecified atom stereocenters. The molecule has 0 radical (unpaired) electrons. The molecule has 0 aromatic carbocycles. The lowest BCUT2D eigenvalue weighted by Gasteiger charge is -2.03. The van der Waals surface area contributed by atoms with Gasteiger partial charge in [0.1, 0.15) is 17.6 Å². The minimum atomic E-state index is -2.42. The zero-order valence-corrected chi connectivity index (χ0v) is 6.67. The molecule has 0 aliphatic heterocycles. The minimum absolute atomic E-state index is 0.208. The first-order chi connectivity index (χ1) is 6.22. The van der Waals surface area contributed by atoms with Crippen LogP contribution >= 0.6 is 0 Å². The smallest absolute Gasteiger partial charge is 0.255 e. The Hall–Kier alpha value is -1.70. The molecule has 0 bridgehead atoms. The van der Waals surface area contributed by atoms with Gasteiger partial charge in [0.25, 0.3) is 6.43 Å². The standard InChI is InChI=1S/C8H7F2N3/c9-7(10)5-12-8-3-1-2-6(4-11)13-8/h1-3,7H,5H2,(H,12,13). The van der Waals surface area contributed by atoms with Gasteiger partial charge in [0.05, 0.1) is 6.54 Å². The van der Waals surface area contributed by atoms with Crippen molar-refractivity contribution >= 4 is 5.82 Å². The van der Waals surface area contributed by atoms with Crippen molar-refractivity contribution in [1.29, 1.82) is 5.26 Å². The van der Waals surface area contributed by atoms with Crippen molar-refractivity contribution in [3.63, 3.8) is 0 Å². The van der Waals surface area contributed by atoms with Crippen molar-refractivity contribution in [3.8, 4) is 6.07 Å². The summed E-state index contributed by atoms with van der Waals surface area (Å²) in [5, 5.41) is 10.9. The average molecular weight is 183 g/mol. The fourth-order valence-corrected chi connectivity index (χ4v) is 0.777. The van der Waals surface area contributed by atoms with Gasteiger partial charge in [-0.2, -0.15) is 5.26 Å². The molecule has 0 fully saturated rings. The van der Waals surface area contributed by atoms with Crippen molar-refractivity contribution in [2.75, 3.05) is 11.9 Å². The van der Waals surface area contributed by atoms with Crippen LogP contribution in [0.2, 0.25) is 0 Å². The lowest BCUT2D eigenvalue weighted by molar-refractivity contribution is 0.163. The van der Waals surface area contributed by atoms with Gasteiger partial charge in [-0.05, 0) is 12.1 Å². The monoisotopic (exact) mass is 183 g/mol. The Morgan fingerprint density at radius 2 is 2.31 bits per heavy atom. The number of anilines is 1. The maximum atomic E-state index is 11.7. The van der Waals surface area contributed by atoms with Crippen LogP contribution in [0.15, 0.2) is 18.2 Å². The normalized spacial score (nSPS) is 9.69. The van der Waals surface area contributed by atoms with E-state index in [-0.39, 0.29) is 5.69 Å². The highest BCUT2D eigenvalue weighted by atomic mass is 19.3. The molecule has 1 N–H and O–H groups in total. The third-order valence-corrected chi connectivity index (χ3v) is 1.30. The second kappa shape index (κ2) is 4.36. The van der Waals surface area contributed by atoms with Crippen LogP contribution < -0.4 is 5.32 Å². The maximum Gasteiger partial charge on any atom is 0.255 e. The van der Waals surface area contributed by atoms with Crippen LogP contribution in [0.1, 0.15) is 5.69 Å². The Balaban J connectivity index is 2.63. The number of nitrogens with zero attached hydrogens (tertiary/aromatic N) is 2. The summed E-state index contributed by atoms with van der Waals surface area (Å²) in [5.74, 6) is 0.291. The Morgan fingerprint density at radius 1 is 1.54 bits per heavy atom. The summed E-state index contributed by atoms with van der Waals surface area (Å²) < 4.78 is 23.5. The van der Waals surface area contributed by atoms with Gasteiger partial charge in [0, 0.05) is 0 Å². The molecule has 68 valence electrons. The lowest BCUT2D eigenvalue weighted by Crippen LogP contribution is -2.11. The molecule has 0 amide bonds. The number of aromatic nitrogens is 1. The molecular weight excluding hydrogens is 176 g/mol. The van der Waals surface area contributed by atoms with Crippen LogP contribution in [0.4, 0.5) is 14.6 Å². The fraction of sp³-hybridized carbons (Fsp3) is 0.250. The average Bonchev–Trinajstić information content (AvgIpc) is 2.15. The van der Waals surface area contributed by atoms with E-state index in [1.165, 1.54) is 12.1 Å². The Kier molecular flexibility index (Phi) is 3.15. The zero-order valence-electron chi connectivity index (χ0n) is 6.67. The topological polar surface area (TPSA) is 48.7 Å². The Labute approximate surface area is 74.0 Å². The van der Waals surface area contributed by atoms with Gasteiger partial charge < -0.3 is 5.32 Å². The van der Waals surface area contributed by atoms with Crippen LogP contribution in [0.3, 0.4) is 0 Å². The first kappa shape index (κ1) is 9.39. The Morgan fingerprint density at radius 3 is 2.92 bits per heavy atom. The third kappa shape index (κ3) is 3.03. The molecule has 0 aliphatic carbocycles. The molecule has 0 saturated carbocycles. The molecule has 3 nitrogen and oxygen atoms in total. The van der Waals surface area contributed by atoms with Crippen molar-refractivity contribution in [2.45, 2.75) is 6.43 Å². The predicted octanol–water partition coefficient (Wildman–Crippen LogP) is 1.63. The van der Waals surface area contributed by atoms with Crippen molar-refractivity contribution in [3.05, 3.63) is 23.9 Å². The number of nitriles is 1. The summed E-state index contributed by atoms with van der Waals surface area (Å²) in [6.07, 6.45) is -2.42. The number of halogens is 2. The van der Waals surface area contributed by atoms with E-state index in [9.17, 15) is 8.78 Å². The predicted molar refractivity (Wildman–Crippen MR) is 43.4 cm³/mol. The highest BCUT2D eigenvalue weighted by Crippen LogP contribution is 2.04. The summed E-state index contributed by atoms with van der Waals surface area (Å²) in [5.41, 5.74) is 0.208. The first-order valence-electron chi connectivity index (χ1n) is 3.61. The molecule has 0 spiro atoms. The van der Waals surface area contributed by atoms with Gasteiger partial charge in [-0.1, -0.05) is 6.07 Å². The van der Waals surface area contributed by atoms with Gasteiger partial charge in [-0.25, -0.2) is 13.8 Å². The molecule has 0 atom stereocenters. The van der Waals surface area contributed by atoms with E-state index in [1.807, 2.05) is 6.07 Å². The van der Waals surface area contributed by atoms with Crippen molar-refractivity contribution in [1.82, 2.24) is 4.98 Å². The molecule has 1 heterocycles. The summed E-state index contributed by atoms with van der Waals surface area (Å²) in [4.78, 5) is 3.76. The SMILES string of the molecule is N#Cc1cccc(NCC(F)F)n1. The summed E-state index contributed by atoms with van der Waals surface area (Å²) in [6.45, 7) is -0.456. The molecule has 13 heavy (non-hydrogen) atoms. The van der Waals surface area contributed by atoms with E-state index in [1.54, 1.807) is 6.07 Å². The quantitative estimate of drug-likeness (QED) is 0.774. The van der Waals surface area contributed by atoms with E-state index in [2.05, 4.69) is 10.3 Å². The van der Waals surface area contributed by atoms with E-state index in [0.717, 1.165) is 0 Å². The fourth-order valence-electron chi connectivity index (χ4n) is 0.777. The van der Waals surface area contributed by atoms with Crippen molar-refractivity contribution < 1.29 is 8.78 Å². The zero-order chi connectivity index (χ0) is 9.68. The largest absolute Gasteiger partial charge is 0.364 e. The molecule has 1 rings (SSSR count). The number of hydrogen-bond acceptors (Lipinski definition) is 3. The van der Waals surface area contributed by atoms with Crippen LogP contribution in [0, 0.1) is 11.3 Å². The molecule has 0 aliphatic rings. The second-order valence-corrected chi connectivity index (χ2v) is 2.29. The molecule has 1 aromatic rings. The number of nitrogens with one attached hydrogen (secondary N) is 1. The van der Waals surface area contributed by atoms with E-state index in [0.29, 0.717) is 5.82 Å². The second-order valence-electron chi connectivity index (χ2n) is 2.29. The number of alkyl halides is 2. The van der Waals surface area contributed by atoms with E-state index in [4.69, 9.17) is 5.26 Å². The van der Waals surface area contributed by atoms with Crippen LogP contribution in [-0.4, -0.2) is 18.0 Å². The minimum Gasteiger partial charge on any atom is -0.364 e. The van der Waals surface area contributed by atoms with Gasteiger partial charge in [-0.3, -0.25) is 0 Å². The number of hydrogen-bond donors (Lipinski definition) is 1. The van der Waals surface area contributed by atoms with Gasteiger partial charge in [0.2, 0.25) is 0 Å². The third-order valence-electron chi connectivity index (χ3n) is 1.30. The highest BCUT2D eigenvalue weighted by Gasteiger charge is 2.02.